The summed E-state index contributed by atoms with van der Waals surface area (Å²) in [7, 11) is 0. The van der Waals surface area contributed by atoms with Crippen LogP contribution in [0.2, 0.25) is 0 Å². The van der Waals surface area contributed by atoms with Gasteiger partial charge in [0, 0.05) is 5.54 Å². The summed E-state index contributed by atoms with van der Waals surface area (Å²) in [6.45, 7) is 12.2. The van der Waals surface area contributed by atoms with Crippen molar-refractivity contribution >= 4 is 0 Å². The Morgan fingerprint density at radius 3 is 1.88 bits per heavy atom. The first-order valence-corrected chi connectivity index (χ1v) is 5.67. The van der Waals surface area contributed by atoms with Gasteiger partial charge in [0.1, 0.15) is 5.75 Å². The van der Waals surface area contributed by atoms with Crippen LogP contribution in [0.4, 0.5) is 0 Å². The summed E-state index contributed by atoms with van der Waals surface area (Å²) in [4.78, 5) is 0. The van der Waals surface area contributed by atoms with Gasteiger partial charge in [0.2, 0.25) is 0 Å². The molecule has 0 saturated heterocycles. The molecule has 0 aliphatic carbocycles. The number of hydrogen-bond donors (Lipinski definition) is 2. The predicted molar refractivity (Wildman–Crippen MR) is 68.8 cm³/mol. The fourth-order valence-corrected chi connectivity index (χ4v) is 1.99. The van der Waals surface area contributed by atoms with Crippen molar-refractivity contribution in [3.63, 3.8) is 0 Å². The second-order valence-electron chi connectivity index (χ2n) is 6.16. The molecular weight excluding hydrogens is 198 g/mol. The minimum absolute atomic E-state index is 0.0716. The maximum Gasteiger partial charge on any atom is 0.119 e. The van der Waals surface area contributed by atoms with E-state index in [0.29, 0.717) is 5.75 Å². The zero-order valence-electron chi connectivity index (χ0n) is 11.2. The number of aromatic hydroxyl groups is 1. The van der Waals surface area contributed by atoms with Crippen LogP contribution in [0, 0.1) is 6.92 Å². The normalized spacial score (nSPS) is 12.9. The molecule has 1 rings (SSSR count). The summed E-state index contributed by atoms with van der Waals surface area (Å²) in [5.74, 6) is 0.359. The van der Waals surface area contributed by atoms with Gasteiger partial charge >= 0.3 is 0 Å². The first-order valence-electron chi connectivity index (χ1n) is 5.67. The molecule has 2 nitrogen and oxygen atoms in total. The van der Waals surface area contributed by atoms with Gasteiger partial charge in [-0.1, -0.05) is 20.8 Å². The van der Waals surface area contributed by atoms with Crippen molar-refractivity contribution < 1.29 is 5.11 Å². The van der Waals surface area contributed by atoms with Gasteiger partial charge in [0.25, 0.3) is 0 Å². The summed E-state index contributed by atoms with van der Waals surface area (Å²) in [5, 5.41) is 9.98. The monoisotopic (exact) mass is 221 g/mol. The van der Waals surface area contributed by atoms with E-state index in [1.807, 2.05) is 32.9 Å². The largest absolute Gasteiger partial charge is 0.508 e. The average molecular weight is 221 g/mol. The van der Waals surface area contributed by atoms with Crippen LogP contribution >= 0.6 is 0 Å². The first kappa shape index (κ1) is 13.0. The van der Waals surface area contributed by atoms with Crippen LogP contribution < -0.4 is 5.73 Å². The van der Waals surface area contributed by atoms with Gasteiger partial charge in [0.15, 0.2) is 0 Å². The first-order chi connectivity index (χ1) is 7.03. The fourth-order valence-electron chi connectivity index (χ4n) is 1.99. The highest BCUT2D eigenvalue weighted by Gasteiger charge is 2.24. The van der Waals surface area contributed by atoms with E-state index in [2.05, 4.69) is 20.8 Å². The van der Waals surface area contributed by atoms with E-state index in [0.717, 1.165) is 16.7 Å². The van der Waals surface area contributed by atoms with E-state index in [4.69, 9.17) is 5.73 Å². The molecule has 1 aromatic rings. The standard InChI is InChI=1S/C14H23NO/c1-9-7-12(16)11(13(2,3)4)8-10(9)14(5,6)15/h7-8,16H,15H2,1-6H3. The molecule has 0 fully saturated rings. The molecule has 0 spiro atoms. The van der Waals surface area contributed by atoms with E-state index >= 15 is 0 Å². The maximum absolute atomic E-state index is 9.98. The van der Waals surface area contributed by atoms with Crippen molar-refractivity contribution in [3.8, 4) is 5.75 Å². The van der Waals surface area contributed by atoms with Crippen LogP contribution in [0.25, 0.3) is 0 Å². The molecule has 0 aliphatic heterocycles. The molecule has 0 radical (unpaired) electrons. The average Bonchev–Trinajstić information content (AvgIpc) is 1.97. The van der Waals surface area contributed by atoms with Crippen LogP contribution in [0.1, 0.15) is 51.3 Å². The van der Waals surface area contributed by atoms with Crippen LogP contribution in [0.15, 0.2) is 12.1 Å². The smallest absolute Gasteiger partial charge is 0.119 e. The Balaban J connectivity index is 3.45. The second kappa shape index (κ2) is 3.77. The van der Waals surface area contributed by atoms with Crippen LogP contribution in [0.3, 0.4) is 0 Å². The van der Waals surface area contributed by atoms with Crippen molar-refractivity contribution in [1.29, 1.82) is 0 Å². The number of aryl methyl sites for hydroxylation is 1. The highest BCUT2D eigenvalue weighted by molar-refractivity contribution is 5.46. The van der Waals surface area contributed by atoms with E-state index < -0.39 is 0 Å². The van der Waals surface area contributed by atoms with Gasteiger partial charge in [-0.15, -0.1) is 0 Å². The van der Waals surface area contributed by atoms with E-state index in [9.17, 15) is 5.11 Å². The lowest BCUT2D eigenvalue weighted by atomic mass is 9.81. The Bertz CT molecular complexity index is 359. The summed E-state index contributed by atoms with van der Waals surface area (Å²) in [5.41, 5.74) is 8.77. The number of nitrogens with two attached hydrogens (primary N) is 1. The SMILES string of the molecule is Cc1cc(O)c(C(C)(C)C)cc1C(C)(C)N. The molecule has 16 heavy (non-hydrogen) atoms. The van der Waals surface area contributed by atoms with Crippen molar-refractivity contribution in [1.82, 2.24) is 0 Å². The molecule has 0 atom stereocenters. The number of benzene rings is 1. The molecule has 0 amide bonds. The van der Waals surface area contributed by atoms with Crippen molar-refractivity contribution in [3.05, 3.63) is 28.8 Å². The van der Waals surface area contributed by atoms with Gasteiger partial charge < -0.3 is 10.8 Å². The van der Waals surface area contributed by atoms with Crippen molar-refractivity contribution in [2.45, 2.75) is 52.5 Å². The van der Waals surface area contributed by atoms with Crippen LogP contribution in [-0.4, -0.2) is 5.11 Å². The van der Waals surface area contributed by atoms with Gasteiger partial charge in [-0.25, -0.2) is 0 Å². The molecular formula is C14H23NO. The lowest BCUT2D eigenvalue weighted by molar-refractivity contribution is 0.443. The molecule has 3 N–H and O–H groups in total. The summed E-state index contributed by atoms with van der Waals surface area (Å²) < 4.78 is 0. The highest BCUT2D eigenvalue weighted by atomic mass is 16.3. The number of hydrogen-bond acceptors (Lipinski definition) is 2. The van der Waals surface area contributed by atoms with Gasteiger partial charge in [0.05, 0.1) is 0 Å². The number of phenols is 1. The quantitative estimate of drug-likeness (QED) is 0.765. The molecule has 0 unspecified atom stereocenters. The van der Waals surface area contributed by atoms with Gasteiger partial charge in [-0.05, 0) is 55.0 Å². The van der Waals surface area contributed by atoms with Crippen LogP contribution in [-0.2, 0) is 11.0 Å². The summed E-state index contributed by atoms with van der Waals surface area (Å²) in [6.07, 6.45) is 0. The Morgan fingerprint density at radius 2 is 1.50 bits per heavy atom. The minimum atomic E-state index is -0.377. The second-order valence-corrected chi connectivity index (χ2v) is 6.16. The molecule has 90 valence electrons. The fraction of sp³-hybridized carbons (Fsp3) is 0.571. The number of rotatable bonds is 1. The minimum Gasteiger partial charge on any atom is -0.508 e. The van der Waals surface area contributed by atoms with E-state index in [1.165, 1.54) is 0 Å². The number of phenolic OH excluding ortho intramolecular Hbond substituents is 1. The molecule has 0 saturated carbocycles. The topological polar surface area (TPSA) is 46.2 Å². The lowest BCUT2D eigenvalue weighted by Crippen LogP contribution is -2.30. The van der Waals surface area contributed by atoms with E-state index in [1.54, 1.807) is 0 Å². The Labute approximate surface area is 98.5 Å². The summed E-state index contributed by atoms with van der Waals surface area (Å²) in [6, 6.07) is 3.84. The third-order valence-corrected chi connectivity index (χ3v) is 2.84. The molecule has 2 heteroatoms. The molecule has 0 bridgehead atoms. The zero-order chi connectivity index (χ0) is 12.7. The molecule has 1 aromatic carbocycles. The predicted octanol–water partition coefficient (Wildman–Crippen LogP) is 3.19. The lowest BCUT2D eigenvalue weighted by Gasteiger charge is -2.27. The molecule has 0 aliphatic rings. The van der Waals surface area contributed by atoms with E-state index in [-0.39, 0.29) is 11.0 Å². The van der Waals surface area contributed by atoms with Gasteiger partial charge in [-0.2, -0.15) is 0 Å². The zero-order valence-corrected chi connectivity index (χ0v) is 11.2. The van der Waals surface area contributed by atoms with Gasteiger partial charge in [-0.3, -0.25) is 0 Å². The highest BCUT2D eigenvalue weighted by Crippen LogP contribution is 2.35. The third-order valence-electron chi connectivity index (χ3n) is 2.84. The van der Waals surface area contributed by atoms with Crippen LogP contribution in [0.5, 0.6) is 5.75 Å². The third kappa shape index (κ3) is 2.56. The maximum atomic E-state index is 9.98. The molecule has 0 heterocycles. The molecule has 0 aromatic heterocycles. The summed E-state index contributed by atoms with van der Waals surface area (Å²) >= 11 is 0. The van der Waals surface area contributed by atoms with Crippen molar-refractivity contribution in [2.24, 2.45) is 5.73 Å². The Hall–Kier alpha value is -1.02. The van der Waals surface area contributed by atoms with Crippen molar-refractivity contribution in [2.75, 3.05) is 0 Å². The Kier molecular flexibility index (Phi) is 3.08. The Morgan fingerprint density at radius 1 is 1.00 bits per heavy atom.